The standard InChI is InChI=1S/C11H20N4/c1-4-8(2)5-9(3)15-11-13-6-10(12)7-14-11/h6-9H,4-5,12H2,1-3H3,(H,13,14,15). The Balaban J connectivity index is 2.44. The van der Waals surface area contributed by atoms with Gasteiger partial charge in [-0.2, -0.15) is 0 Å². The van der Waals surface area contributed by atoms with Gasteiger partial charge < -0.3 is 11.1 Å². The fourth-order valence-electron chi connectivity index (χ4n) is 1.46. The normalized spacial score (nSPS) is 14.6. The van der Waals surface area contributed by atoms with E-state index in [1.54, 1.807) is 12.4 Å². The number of aromatic nitrogens is 2. The van der Waals surface area contributed by atoms with Crippen LogP contribution in [0.1, 0.15) is 33.6 Å². The van der Waals surface area contributed by atoms with Crippen LogP contribution in [0.15, 0.2) is 12.4 Å². The second-order valence-corrected chi connectivity index (χ2v) is 4.13. The summed E-state index contributed by atoms with van der Waals surface area (Å²) in [5.41, 5.74) is 6.10. The van der Waals surface area contributed by atoms with E-state index in [-0.39, 0.29) is 0 Å². The van der Waals surface area contributed by atoms with Crippen LogP contribution in [-0.4, -0.2) is 16.0 Å². The molecule has 1 rings (SSSR count). The summed E-state index contributed by atoms with van der Waals surface area (Å²) in [5.74, 6) is 1.38. The van der Waals surface area contributed by atoms with E-state index in [1.807, 2.05) is 0 Å². The number of rotatable bonds is 5. The minimum absolute atomic E-state index is 0.392. The van der Waals surface area contributed by atoms with Crippen molar-refractivity contribution in [3.8, 4) is 0 Å². The molecule has 0 radical (unpaired) electrons. The largest absolute Gasteiger partial charge is 0.396 e. The van der Waals surface area contributed by atoms with E-state index >= 15 is 0 Å². The number of hydrogen-bond donors (Lipinski definition) is 2. The fourth-order valence-corrected chi connectivity index (χ4v) is 1.46. The summed E-state index contributed by atoms with van der Waals surface area (Å²) in [4.78, 5) is 8.21. The molecule has 2 unspecified atom stereocenters. The van der Waals surface area contributed by atoms with Crippen molar-refractivity contribution >= 4 is 11.6 Å². The van der Waals surface area contributed by atoms with Crippen LogP contribution in [0.3, 0.4) is 0 Å². The van der Waals surface area contributed by atoms with Gasteiger partial charge in [-0.1, -0.05) is 20.3 Å². The van der Waals surface area contributed by atoms with Gasteiger partial charge in [0, 0.05) is 6.04 Å². The van der Waals surface area contributed by atoms with Crippen molar-refractivity contribution in [2.45, 2.75) is 39.7 Å². The average molecular weight is 208 g/mol. The highest BCUT2D eigenvalue weighted by molar-refractivity contribution is 5.36. The molecule has 0 spiro atoms. The van der Waals surface area contributed by atoms with Crippen molar-refractivity contribution in [1.82, 2.24) is 9.97 Å². The summed E-state index contributed by atoms with van der Waals surface area (Å²) >= 11 is 0. The van der Waals surface area contributed by atoms with Crippen molar-refractivity contribution in [2.75, 3.05) is 11.1 Å². The Morgan fingerprint density at radius 3 is 2.47 bits per heavy atom. The van der Waals surface area contributed by atoms with Crippen LogP contribution < -0.4 is 11.1 Å². The topological polar surface area (TPSA) is 63.8 Å². The molecule has 0 bridgehead atoms. The van der Waals surface area contributed by atoms with Crippen LogP contribution in [0.2, 0.25) is 0 Å². The molecule has 0 saturated carbocycles. The Morgan fingerprint density at radius 1 is 1.33 bits per heavy atom. The van der Waals surface area contributed by atoms with E-state index in [0.717, 1.165) is 12.3 Å². The molecule has 84 valence electrons. The number of nitrogen functional groups attached to an aromatic ring is 1. The van der Waals surface area contributed by atoms with Gasteiger partial charge in [-0.05, 0) is 19.3 Å². The Hall–Kier alpha value is -1.32. The summed E-state index contributed by atoms with van der Waals surface area (Å²) in [5, 5.41) is 3.26. The third-order valence-corrected chi connectivity index (χ3v) is 2.50. The number of nitrogens with zero attached hydrogens (tertiary/aromatic N) is 2. The van der Waals surface area contributed by atoms with Gasteiger partial charge in [0.15, 0.2) is 0 Å². The molecule has 0 amide bonds. The van der Waals surface area contributed by atoms with E-state index in [0.29, 0.717) is 17.7 Å². The minimum Gasteiger partial charge on any atom is -0.396 e. The fraction of sp³-hybridized carbons (Fsp3) is 0.636. The van der Waals surface area contributed by atoms with E-state index in [1.165, 1.54) is 6.42 Å². The lowest BCUT2D eigenvalue weighted by Gasteiger charge is -2.17. The monoisotopic (exact) mass is 208 g/mol. The predicted molar refractivity (Wildman–Crippen MR) is 63.6 cm³/mol. The molecule has 0 fully saturated rings. The molecule has 0 saturated heterocycles. The van der Waals surface area contributed by atoms with Gasteiger partial charge in [0.1, 0.15) is 0 Å². The summed E-state index contributed by atoms with van der Waals surface area (Å²) in [7, 11) is 0. The smallest absolute Gasteiger partial charge is 0.222 e. The quantitative estimate of drug-likeness (QED) is 0.779. The molecule has 4 nitrogen and oxygen atoms in total. The highest BCUT2D eigenvalue weighted by Crippen LogP contribution is 2.12. The van der Waals surface area contributed by atoms with E-state index < -0.39 is 0 Å². The lowest BCUT2D eigenvalue weighted by atomic mass is 10.0. The van der Waals surface area contributed by atoms with Crippen LogP contribution in [0, 0.1) is 5.92 Å². The molecule has 15 heavy (non-hydrogen) atoms. The van der Waals surface area contributed by atoms with Gasteiger partial charge in [0.25, 0.3) is 0 Å². The molecule has 1 aromatic heterocycles. The van der Waals surface area contributed by atoms with Gasteiger partial charge in [-0.15, -0.1) is 0 Å². The molecule has 1 heterocycles. The average Bonchev–Trinajstić information content (AvgIpc) is 2.21. The lowest BCUT2D eigenvalue weighted by Crippen LogP contribution is -2.19. The second kappa shape index (κ2) is 5.53. The number of hydrogen-bond acceptors (Lipinski definition) is 4. The molecule has 4 heteroatoms. The van der Waals surface area contributed by atoms with Crippen molar-refractivity contribution < 1.29 is 0 Å². The third-order valence-electron chi connectivity index (χ3n) is 2.50. The Bertz CT molecular complexity index is 283. The molecule has 0 aliphatic heterocycles. The minimum atomic E-state index is 0.392. The van der Waals surface area contributed by atoms with Crippen LogP contribution >= 0.6 is 0 Å². The molecule has 0 aliphatic carbocycles. The van der Waals surface area contributed by atoms with Crippen molar-refractivity contribution in [3.63, 3.8) is 0 Å². The van der Waals surface area contributed by atoms with E-state index in [9.17, 15) is 0 Å². The lowest BCUT2D eigenvalue weighted by molar-refractivity contribution is 0.482. The molecule has 3 N–H and O–H groups in total. The maximum Gasteiger partial charge on any atom is 0.222 e. The zero-order valence-corrected chi connectivity index (χ0v) is 9.70. The van der Waals surface area contributed by atoms with Gasteiger partial charge in [-0.3, -0.25) is 0 Å². The maximum atomic E-state index is 5.51. The van der Waals surface area contributed by atoms with Gasteiger partial charge in [0.05, 0.1) is 18.1 Å². The van der Waals surface area contributed by atoms with Crippen LogP contribution in [0.5, 0.6) is 0 Å². The highest BCUT2D eigenvalue weighted by Gasteiger charge is 2.07. The summed E-state index contributed by atoms with van der Waals surface area (Å²) in [6, 6.07) is 0.392. The Kier molecular flexibility index (Phi) is 4.34. The van der Waals surface area contributed by atoms with E-state index in [4.69, 9.17) is 5.73 Å². The van der Waals surface area contributed by atoms with Crippen LogP contribution in [0.4, 0.5) is 11.6 Å². The molecule has 0 aliphatic rings. The molecular weight excluding hydrogens is 188 g/mol. The highest BCUT2D eigenvalue weighted by atomic mass is 15.1. The third kappa shape index (κ3) is 4.14. The first-order valence-electron chi connectivity index (χ1n) is 5.45. The molecular formula is C11H20N4. The predicted octanol–water partition coefficient (Wildman–Crippen LogP) is 2.30. The second-order valence-electron chi connectivity index (χ2n) is 4.13. The van der Waals surface area contributed by atoms with Crippen LogP contribution in [0.25, 0.3) is 0 Å². The number of nitrogens with one attached hydrogen (secondary N) is 1. The first-order valence-corrected chi connectivity index (χ1v) is 5.45. The van der Waals surface area contributed by atoms with Crippen molar-refractivity contribution in [3.05, 3.63) is 12.4 Å². The van der Waals surface area contributed by atoms with Crippen LogP contribution in [-0.2, 0) is 0 Å². The number of nitrogens with two attached hydrogens (primary N) is 1. The molecule has 0 aromatic carbocycles. The zero-order chi connectivity index (χ0) is 11.3. The Morgan fingerprint density at radius 2 is 1.93 bits per heavy atom. The Labute approximate surface area is 91.3 Å². The van der Waals surface area contributed by atoms with Gasteiger partial charge in [0.2, 0.25) is 5.95 Å². The summed E-state index contributed by atoms with van der Waals surface area (Å²) in [6.45, 7) is 6.60. The van der Waals surface area contributed by atoms with Gasteiger partial charge >= 0.3 is 0 Å². The summed E-state index contributed by atoms with van der Waals surface area (Å²) in [6.07, 6.45) is 5.56. The molecule has 2 atom stereocenters. The first-order chi connectivity index (χ1) is 7.11. The molecule has 1 aromatic rings. The first kappa shape index (κ1) is 11.8. The van der Waals surface area contributed by atoms with Gasteiger partial charge in [-0.25, -0.2) is 9.97 Å². The zero-order valence-electron chi connectivity index (χ0n) is 9.70. The maximum absolute atomic E-state index is 5.51. The SMILES string of the molecule is CCC(C)CC(C)Nc1ncc(N)cn1. The summed E-state index contributed by atoms with van der Waals surface area (Å²) < 4.78 is 0. The van der Waals surface area contributed by atoms with E-state index in [2.05, 4.69) is 36.1 Å². The van der Waals surface area contributed by atoms with Crippen molar-refractivity contribution in [1.29, 1.82) is 0 Å². The number of anilines is 2. The van der Waals surface area contributed by atoms with Crippen molar-refractivity contribution in [2.24, 2.45) is 5.92 Å².